The lowest BCUT2D eigenvalue weighted by molar-refractivity contribution is 0.179. The van der Waals surface area contributed by atoms with E-state index in [1.54, 1.807) is 23.1 Å². The van der Waals surface area contributed by atoms with Crippen LogP contribution in [-0.4, -0.2) is 55.8 Å². The van der Waals surface area contributed by atoms with Gasteiger partial charge in [0.15, 0.2) is 4.34 Å². The molecule has 1 aliphatic rings. The summed E-state index contributed by atoms with van der Waals surface area (Å²) in [4.78, 5) is 2.00. The molecule has 5 nitrogen and oxygen atoms in total. The smallest absolute Gasteiger partial charge is 0.208 e. The van der Waals surface area contributed by atoms with E-state index in [0.29, 0.717) is 12.0 Å². The minimum absolute atomic E-state index is 0.508. The summed E-state index contributed by atoms with van der Waals surface area (Å²) in [5, 5.41) is 13.1. The highest BCUT2D eigenvalue weighted by Crippen LogP contribution is 2.29. The molecule has 0 spiro atoms. The van der Waals surface area contributed by atoms with Gasteiger partial charge in [-0.1, -0.05) is 30.0 Å². The van der Waals surface area contributed by atoms with Crippen LogP contribution in [0.25, 0.3) is 0 Å². The Morgan fingerprint density at radius 2 is 2.35 bits per heavy atom. The molecule has 0 aromatic carbocycles. The fourth-order valence-electron chi connectivity index (χ4n) is 2.16. The van der Waals surface area contributed by atoms with Crippen molar-refractivity contribution in [1.29, 1.82) is 0 Å². The van der Waals surface area contributed by atoms with Crippen LogP contribution in [0.2, 0.25) is 0 Å². The molecule has 1 aromatic heterocycles. The molecule has 1 aliphatic heterocycles. The van der Waals surface area contributed by atoms with Gasteiger partial charge in [-0.15, -0.1) is 10.2 Å². The van der Waals surface area contributed by atoms with Gasteiger partial charge in [0.1, 0.15) is 0 Å². The van der Waals surface area contributed by atoms with E-state index < -0.39 is 0 Å². The van der Waals surface area contributed by atoms with Crippen LogP contribution in [0.1, 0.15) is 19.8 Å². The highest BCUT2D eigenvalue weighted by molar-refractivity contribution is 8.01. The number of nitrogens with one attached hydrogen (secondary N) is 1. The molecule has 2 rings (SSSR count). The molecular formula is C13H24N4OS2. The average Bonchev–Trinajstić information content (AvgIpc) is 3.10. The van der Waals surface area contributed by atoms with Gasteiger partial charge in [0.2, 0.25) is 5.13 Å². The van der Waals surface area contributed by atoms with E-state index in [1.165, 1.54) is 12.8 Å². The third-order valence-corrected chi connectivity index (χ3v) is 5.70. The number of hydrogen-bond donors (Lipinski definition) is 1. The molecule has 114 valence electrons. The second kappa shape index (κ2) is 8.17. The van der Waals surface area contributed by atoms with Crippen LogP contribution in [0.5, 0.6) is 0 Å². The molecule has 1 fully saturated rings. The first-order valence-corrected chi connectivity index (χ1v) is 8.95. The normalized spacial score (nSPS) is 20.2. The fraction of sp³-hybridized carbons (Fsp3) is 0.846. The van der Waals surface area contributed by atoms with E-state index in [1.807, 2.05) is 19.0 Å². The first kappa shape index (κ1) is 16.0. The predicted molar refractivity (Wildman–Crippen MR) is 86.0 cm³/mol. The Balaban J connectivity index is 1.86. The van der Waals surface area contributed by atoms with Gasteiger partial charge in [-0.2, -0.15) is 0 Å². The Kier molecular flexibility index (Phi) is 6.54. The molecule has 0 bridgehead atoms. The van der Waals surface area contributed by atoms with Crippen molar-refractivity contribution in [2.45, 2.75) is 30.1 Å². The number of rotatable bonds is 8. The molecule has 2 atom stereocenters. The number of nitrogens with zero attached hydrogens (tertiary/aromatic N) is 3. The molecule has 0 aliphatic carbocycles. The van der Waals surface area contributed by atoms with Crippen LogP contribution in [0.4, 0.5) is 5.13 Å². The molecule has 2 heterocycles. The molecule has 1 N–H and O–H groups in total. The van der Waals surface area contributed by atoms with Gasteiger partial charge in [0.25, 0.3) is 0 Å². The van der Waals surface area contributed by atoms with Crippen molar-refractivity contribution in [3.05, 3.63) is 0 Å². The van der Waals surface area contributed by atoms with Crippen LogP contribution >= 0.6 is 23.1 Å². The predicted octanol–water partition coefficient (Wildman–Crippen LogP) is 2.10. The molecule has 1 saturated heterocycles. The van der Waals surface area contributed by atoms with Gasteiger partial charge in [0.05, 0.1) is 6.61 Å². The van der Waals surface area contributed by atoms with Gasteiger partial charge in [-0.05, 0) is 19.4 Å². The van der Waals surface area contributed by atoms with Crippen LogP contribution in [0.15, 0.2) is 4.34 Å². The Morgan fingerprint density at radius 1 is 1.50 bits per heavy atom. The Labute approximate surface area is 129 Å². The summed E-state index contributed by atoms with van der Waals surface area (Å²) in [7, 11) is 3.99. The molecule has 1 aromatic rings. The van der Waals surface area contributed by atoms with Gasteiger partial charge in [-0.25, -0.2) is 0 Å². The van der Waals surface area contributed by atoms with Crippen molar-refractivity contribution < 1.29 is 4.74 Å². The van der Waals surface area contributed by atoms with Crippen molar-refractivity contribution in [3.63, 3.8) is 0 Å². The maximum atomic E-state index is 5.52. The quantitative estimate of drug-likeness (QED) is 0.741. The van der Waals surface area contributed by atoms with Gasteiger partial charge < -0.3 is 15.0 Å². The van der Waals surface area contributed by atoms with Crippen LogP contribution < -0.4 is 10.2 Å². The highest BCUT2D eigenvalue weighted by atomic mass is 32.2. The van der Waals surface area contributed by atoms with Crippen LogP contribution in [0.3, 0.4) is 0 Å². The SMILES string of the molecule is CCCNC(CSc1nnc(N(C)C)s1)C1CCOC1. The molecule has 20 heavy (non-hydrogen) atoms. The van der Waals surface area contributed by atoms with Crippen LogP contribution in [0, 0.1) is 5.92 Å². The summed E-state index contributed by atoms with van der Waals surface area (Å²) >= 11 is 3.46. The fourth-order valence-corrected chi connectivity index (χ4v) is 4.14. The van der Waals surface area contributed by atoms with E-state index >= 15 is 0 Å². The lowest BCUT2D eigenvalue weighted by Crippen LogP contribution is -2.39. The van der Waals surface area contributed by atoms with E-state index in [9.17, 15) is 0 Å². The van der Waals surface area contributed by atoms with E-state index in [-0.39, 0.29) is 0 Å². The van der Waals surface area contributed by atoms with Gasteiger partial charge in [-0.3, -0.25) is 0 Å². The molecular weight excluding hydrogens is 292 g/mol. The molecule has 0 saturated carbocycles. The Hall–Kier alpha value is -0.370. The number of anilines is 1. The van der Waals surface area contributed by atoms with Gasteiger partial charge in [0, 0.05) is 38.4 Å². The monoisotopic (exact) mass is 316 g/mol. The highest BCUT2D eigenvalue weighted by Gasteiger charge is 2.25. The second-order valence-corrected chi connectivity index (χ2v) is 7.46. The van der Waals surface area contributed by atoms with Gasteiger partial charge >= 0.3 is 0 Å². The Bertz CT molecular complexity index is 393. The lowest BCUT2D eigenvalue weighted by atomic mass is 10.0. The first-order valence-electron chi connectivity index (χ1n) is 7.15. The zero-order chi connectivity index (χ0) is 14.4. The van der Waals surface area contributed by atoms with E-state index in [4.69, 9.17) is 4.74 Å². The molecule has 0 radical (unpaired) electrons. The number of thioether (sulfide) groups is 1. The Morgan fingerprint density at radius 3 is 2.95 bits per heavy atom. The van der Waals surface area contributed by atoms with E-state index in [2.05, 4.69) is 22.4 Å². The summed E-state index contributed by atoms with van der Waals surface area (Å²) in [6, 6.07) is 0.508. The zero-order valence-electron chi connectivity index (χ0n) is 12.5. The summed E-state index contributed by atoms with van der Waals surface area (Å²) < 4.78 is 6.58. The number of ether oxygens (including phenoxy) is 1. The molecule has 0 amide bonds. The molecule has 2 unspecified atom stereocenters. The van der Waals surface area contributed by atoms with E-state index in [0.717, 1.165) is 35.0 Å². The summed E-state index contributed by atoms with van der Waals surface area (Å²) in [5.41, 5.74) is 0. The van der Waals surface area contributed by atoms with Crippen LogP contribution in [-0.2, 0) is 4.74 Å². The number of aromatic nitrogens is 2. The van der Waals surface area contributed by atoms with Crippen molar-refractivity contribution in [1.82, 2.24) is 15.5 Å². The largest absolute Gasteiger partial charge is 0.381 e. The lowest BCUT2D eigenvalue weighted by Gasteiger charge is -2.22. The minimum atomic E-state index is 0.508. The maximum absolute atomic E-state index is 5.52. The topological polar surface area (TPSA) is 50.3 Å². The second-order valence-electron chi connectivity index (χ2n) is 5.24. The van der Waals surface area contributed by atoms with Crippen molar-refractivity contribution in [2.24, 2.45) is 5.92 Å². The molecule has 7 heteroatoms. The summed E-state index contributed by atoms with van der Waals surface area (Å²) in [6.07, 6.45) is 2.33. The first-order chi connectivity index (χ1) is 9.70. The summed E-state index contributed by atoms with van der Waals surface area (Å²) in [6.45, 7) is 5.07. The third kappa shape index (κ3) is 4.58. The number of hydrogen-bond acceptors (Lipinski definition) is 7. The zero-order valence-corrected chi connectivity index (χ0v) is 14.1. The average molecular weight is 316 g/mol. The maximum Gasteiger partial charge on any atom is 0.208 e. The summed E-state index contributed by atoms with van der Waals surface area (Å²) in [5.74, 6) is 1.67. The van der Waals surface area contributed by atoms with Crippen molar-refractivity contribution in [2.75, 3.05) is 44.5 Å². The van der Waals surface area contributed by atoms with Crippen molar-refractivity contribution in [3.8, 4) is 0 Å². The standard InChI is InChI=1S/C13H24N4OS2/c1-4-6-14-11(10-5-7-18-8-10)9-19-13-16-15-12(20-13)17(2)3/h10-11,14H,4-9H2,1-3H3. The van der Waals surface area contributed by atoms with Crippen molar-refractivity contribution >= 4 is 28.2 Å². The third-order valence-electron chi connectivity index (χ3n) is 3.36. The minimum Gasteiger partial charge on any atom is -0.381 e.